The summed E-state index contributed by atoms with van der Waals surface area (Å²) in [5, 5.41) is 8.33. The average molecular weight is 228 g/mol. The van der Waals surface area contributed by atoms with Crippen LogP contribution in [-0.2, 0) is 13.6 Å². The molecule has 0 aromatic carbocycles. The quantitative estimate of drug-likeness (QED) is 0.633. The highest BCUT2D eigenvalue weighted by Gasteiger charge is 2.09. The molecule has 0 saturated carbocycles. The lowest BCUT2D eigenvalue weighted by molar-refractivity contribution is 0.652. The third kappa shape index (κ3) is 3.36. The van der Waals surface area contributed by atoms with Gasteiger partial charge in [0, 0.05) is 20.1 Å². The molecule has 0 atom stereocenters. The van der Waals surface area contributed by atoms with Crippen molar-refractivity contribution < 1.29 is 0 Å². The Morgan fingerprint density at radius 3 is 2.67 bits per heavy atom. The SMILES string of the molecule is CC(C)=CCNCc1c(Cl)c(C)nn1C. The maximum absolute atomic E-state index is 6.12. The summed E-state index contributed by atoms with van der Waals surface area (Å²) in [5.41, 5.74) is 3.24. The zero-order chi connectivity index (χ0) is 11.4. The van der Waals surface area contributed by atoms with Crippen LogP contribution in [0, 0.1) is 6.92 Å². The summed E-state index contributed by atoms with van der Waals surface area (Å²) in [5.74, 6) is 0. The van der Waals surface area contributed by atoms with Crippen LogP contribution in [0.3, 0.4) is 0 Å². The van der Waals surface area contributed by atoms with Crippen molar-refractivity contribution in [1.82, 2.24) is 15.1 Å². The number of nitrogens with one attached hydrogen (secondary N) is 1. The Morgan fingerprint density at radius 2 is 2.20 bits per heavy atom. The maximum atomic E-state index is 6.12. The molecule has 0 amide bonds. The van der Waals surface area contributed by atoms with Crippen LogP contribution in [0.2, 0.25) is 5.02 Å². The first-order valence-electron chi connectivity index (χ1n) is 5.04. The van der Waals surface area contributed by atoms with Gasteiger partial charge in [0.1, 0.15) is 0 Å². The molecule has 0 bridgehead atoms. The minimum Gasteiger partial charge on any atom is -0.308 e. The van der Waals surface area contributed by atoms with E-state index in [4.69, 9.17) is 11.6 Å². The van der Waals surface area contributed by atoms with Crippen LogP contribution in [0.4, 0.5) is 0 Å². The van der Waals surface area contributed by atoms with E-state index in [2.05, 4.69) is 30.3 Å². The molecule has 0 aliphatic heterocycles. The highest BCUT2D eigenvalue weighted by molar-refractivity contribution is 6.31. The second kappa shape index (κ2) is 5.33. The van der Waals surface area contributed by atoms with Gasteiger partial charge in [-0.3, -0.25) is 4.68 Å². The van der Waals surface area contributed by atoms with Gasteiger partial charge in [-0.2, -0.15) is 5.10 Å². The van der Waals surface area contributed by atoms with Crippen LogP contribution >= 0.6 is 11.6 Å². The number of aromatic nitrogens is 2. The Bertz CT molecular complexity index is 362. The number of rotatable bonds is 4. The Labute approximate surface area is 96.1 Å². The fraction of sp³-hybridized carbons (Fsp3) is 0.545. The van der Waals surface area contributed by atoms with E-state index in [0.717, 1.165) is 29.5 Å². The van der Waals surface area contributed by atoms with Crippen molar-refractivity contribution in [3.05, 3.63) is 28.1 Å². The molecule has 0 saturated heterocycles. The molecule has 3 nitrogen and oxygen atoms in total. The monoisotopic (exact) mass is 227 g/mol. The van der Waals surface area contributed by atoms with E-state index in [9.17, 15) is 0 Å². The van der Waals surface area contributed by atoms with Crippen LogP contribution in [-0.4, -0.2) is 16.3 Å². The molecule has 1 heterocycles. The van der Waals surface area contributed by atoms with E-state index in [1.807, 2.05) is 18.7 Å². The van der Waals surface area contributed by atoms with E-state index < -0.39 is 0 Å². The summed E-state index contributed by atoms with van der Waals surface area (Å²) in [7, 11) is 1.91. The molecule has 84 valence electrons. The fourth-order valence-corrected chi connectivity index (χ4v) is 1.57. The zero-order valence-electron chi connectivity index (χ0n) is 9.76. The van der Waals surface area contributed by atoms with Crippen molar-refractivity contribution in [2.24, 2.45) is 7.05 Å². The van der Waals surface area contributed by atoms with Crippen LogP contribution in [0.5, 0.6) is 0 Å². The van der Waals surface area contributed by atoms with Gasteiger partial charge in [0.05, 0.1) is 16.4 Å². The number of aryl methyl sites for hydroxylation is 2. The van der Waals surface area contributed by atoms with Crippen molar-refractivity contribution in [2.75, 3.05) is 6.54 Å². The first kappa shape index (κ1) is 12.3. The molecule has 1 aromatic rings. The highest BCUT2D eigenvalue weighted by atomic mass is 35.5. The summed E-state index contributed by atoms with van der Waals surface area (Å²) in [6.07, 6.45) is 2.15. The number of hydrogen-bond donors (Lipinski definition) is 1. The van der Waals surface area contributed by atoms with Gasteiger partial charge in [0.15, 0.2) is 0 Å². The summed E-state index contributed by atoms with van der Waals surface area (Å²) in [6, 6.07) is 0. The van der Waals surface area contributed by atoms with Gasteiger partial charge in [-0.25, -0.2) is 0 Å². The van der Waals surface area contributed by atoms with E-state index in [0.29, 0.717) is 0 Å². The molecule has 0 spiro atoms. The molecule has 0 fully saturated rings. The van der Waals surface area contributed by atoms with Gasteiger partial charge >= 0.3 is 0 Å². The minimum absolute atomic E-state index is 0.750. The predicted octanol–water partition coefficient (Wildman–Crippen LogP) is 2.44. The van der Waals surface area contributed by atoms with Crippen LogP contribution in [0.25, 0.3) is 0 Å². The van der Waals surface area contributed by atoms with Crippen molar-refractivity contribution in [3.63, 3.8) is 0 Å². The summed E-state index contributed by atoms with van der Waals surface area (Å²) < 4.78 is 1.83. The largest absolute Gasteiger partial charge is 0.308 e. The lowest BCUT2D eigenvalue weighted by Gasteiger charge is -2.03. The van der Waals surface area contributed by atoms with Crippen molar-refractivity contribution in [1.29, 1.82) is 0 Å². The molecule has 0 unspecified atom stereocenters. The van der Waals surface area contributed by atoms with Crippen LogP contribution < -0.4 is 5.32 Å². The molecular formula is C11H18ClN3. The summed E-state index contributed by atoms with van der Waals surface area (Å²) in [4.78, 5) is 0. The fourth-order valence-electron chi connectivity index (χ4n) is 1.34. The Kier molecular flexibility index (Phi) is 4.36. The van der Waals surface area contributed by atoms with Gasteiger partial charge in [-0.15, -0.1) is 0 Å². The van der Waals surface area contributed by atoms with E-state index in [1.165, 1.54) is 5.57 Å². The summed E-state index contributed by atoms with van der Waals surface area (Å²) in [6.45, 7) is 7.70. The van der Waals surface area contributed by atoms with Crippen molar-refractivity contribution in [2.45, 2.75) is 27.3 Å². The molecule has 1 aromatic heterocycles. The Hall–Kier alpha value is -0.800. The topological polar surface area (TPSA) is 29.9 Å². The number of halogens is 1. The van der Waals surface area contributed by atoms with Gasteiger partial charge in [0.2, 0.25) is 0 Å². The molecule has 0 aliphatic rings. The third-order valence-electron chi connectivity index (χ3n) is 2.21. The van der Waals surface area contributed by atoms with Gasteiger partial charge in [-0.05, 0) is 20.8 Å². The minimum atomic E-state index is 0.750. The molecule has 0 radical (unpaired) electrons. The number of allylic oxidation sites excluding steroid dienone is 1. The second-order valence-corrected chi connectivity index (χ2v) is 4.26. The maximum Gasteiger partial charge on any atom is 0.0860 e. The molecule has 1 rings (SSSR count). The van der Waals surface area contributed by atoms with E-state index in [1.54, 1.807) is 0 Å². The first-order valence-corrected chi connectivity index (χ1v) is 5.42. The first-order chi connectivity index (χ1) is 7.02. The lowest BCUT2D eigenvalue weighted by atomic mass is 10.3. The van der Waals surface area contributed by atoms with Crippen molar-refractivity contribution in [3.8, 4) is 0 Å². The van der Waals surface area contributed by atoms with Gasteiger partial charge in [-0.1, -0.05) is 23.3 Å². The van der Waals surface area contributed by atoms with Gasteiger partial charge in [0.25, 0.3) is 0 Å². The standard InChI is InChI=1S/C11H18ClN3/c1-8(2)5-6-13-7-10-11(12)9(3)14-15(10)4/h5,13H,6-7H2,1-4H3. The molecular weight excluding hydrogens is 210 g/mol. The van der Waals surface area contributed by atoms with Crippen molar-refractivity contribution >= 4 is 11.6 Å². The zero-order valence-corrected chi connectivity index (χ0v) is 10.5. The van der Waals surface area contributed by atoms with Crippen LogP contribution in [0.1, 0.15) is 25.2 Å². The Balaban J connectivity index is 2.54. The summed E-state index contributed by atoms with van der Waals surface area (Å²) >= 11 is 6.12. The molecule has 1 N–H and O–H groups in total. The molecule has 15 heavy (non-hydrogen) atoms. The normalized spacial score (nSPS) is 10.5. The molecule has 0 aliphatic carbocycles. The number of nitrogens with zero attached hydrogens (tertiary/aromatic N) is 2. The predicted molar refractivity (Wildman–Crippen MR) is 64.1 cm³/mol. The van der Waals surface area contributed by atoms with Crippen LogP contribution in [0.15, 0.2) is 11.6 Å². The van der Waals surface area contributed by atoms with E-state index in [-0.39, 0.29) is 0 Å². The third-order valence-corrected chi connectivity index (χ3v) is 2.70. The average Bonchev–Trinajstić information content (AvgIpc) is 2.37. The Morgan fingerprint density at radius 1 is 1.53 bits per heavy atom. The smallest absolute Gasteiger partial charge is 0.0860 e. The molecule has 4 heteroatoms. The number of hydrogen-bond acceptors (Lipinski definition) is 2. The van der Waals surface area contributed by atoms with E-state index >= 15 is 0 Å². The lowest BCUT2D eigenvalue weighted by Crippen LogP contribution is -2.16. The highest BCUT2D eigenvalue weighted by Crippen LogP contribution is 2.18. The second-order valence-electron chi connectivity index (χ2n) is 3.88. The van der Waals surface area contributed by atoms with Gasteiger partial charge < -0.3 is 5.32 Å².